The lowest BCUT2D eigenvalue weighted by molar-refractivity contribution is -0.119. The molecule has 5 aromatic rings. The van der Waals surface area contributed by atoms with Crippen molar-refractivity contribution in [2.24, 2.45) is 7.05 Å². The molecule has 1 aliphatic rings. The van der Waals surface area contributed by atoms with E-state index in [1.807, 2.05) is 61.3 Å². The van der Waals surface area contributed by atoms with Crippen molar-refractivity contribution in [2.75, 3.05) is 20.7 Å². The molecule has 3 aromatic heterocycles. The number of aromatic nitrogens is 5. The Bertz CT molecular complexity index is 1860. The van der Waals surface area contributed by atoms with Gasteiger partial charge >= 0.3 is 0 Å². The summed E-state index contributed by atoms with van der Waals surface area (Å²) in [5, 5.41) is 10.5. The SMILES string of the molecule is CNCc1ncc(-c2cccc(-c3cccc(-c4cnc5c(CNCC6CCC(=O)N6)cn(C)c5n4)c3Cl)c2Cl)nc1OC. The summed E-state index contributed by atoms with van der Waals surface area (Å²) in [4.78, 5) is 30.4. The van der Waals surface area contributed by atoms with Crippen LogP contribution in [-0.4, -0.2) is 57.2 Å². The highest BCUT2D eigenvalue weighted by Gasteiger charge is 2.21. The maximum atomic E-state index is 11.5. The molecule has 0 spiro atoms. The van der Waals surface area contributed by atoms with Crippen LogP contribution in [0.2, 0.25) is 10.0 Å². The van der Waals surface area contributed by atoms with Crippen LogP contribution in [0.15, 0.2) is 55.0 Å². The smallest absolute Gasteiger partial charge is 0.237 e. The maximum absolute atomic E-state index is 11.5. The van der Waals surface area contributed by atoms with E-state index in [-0.39, 0.29) is 11.9 Å². The van der Waals surface area contributed by atoms with Gasteiger partial charge in [0, 0.05) is 73.2 Å². The maximum Gasteiger partial charge on any atom is 0.237 e. The molecule has 44 heavy (non-hydrogen) atoms. The molecule has 1 atom stereocenters. The van der Waals surface area contributed by atoms with E-state index in [1.54, 1.807) is 19.5 Å². The van der Waals surface area contributed by atoms with Gasteiger partial charge in [-0.3, -0.25) is 14.8 Å². The van der Waals surface area contributed by atoms with Crippen molar-refractivity contribution >= 4 is 40.3 Å². The third-order valence-electron chi connectivity index (χ3n) is 7.72. The predicted molar refractivity (Wildman–Crippen MR) is 173 cm³/mol. The molecule has 1 saturated heterocycles. The number of amides is 1. The first-order valence-corrected chi connectivity index (χ1v) is 15.1. The molecule has 12 heteroatoms. The molecular formula is C32H32Cl2N8O2. The van der Waals surface area contributed by atoms with E-state index in [0.29, 0.717) is 64.6 Å². The van der Waals surface area contributed by atoms with Gasteiger partial charge in [0.25, 0.3) is 0 Å². The number of halogens is 2. The van der Waals surface area contributed by atoms with Crippen LogP contribution in [0.5, 0.6) is 5.88 Å². The fraction of sp³-hybridized carbons (Fsp3) is 0.281. The molecule has 0 bridgehead atoms. The summed E-state index contributed by atoms with van der Waals surface area (Å²) in [6.45, 7) is 1.86. The Kier molecular flexibility index (Phi) is 8.76. The van der Waals surface area contributed by atoms with Crippen molar-refractivity contribution in [3.05, 3.63) is 76.3 Å². The zero-order chi connectivity index (χ0) is 30.8. The monoisotopic (exact) mass is 630 g/mol. The Morgan fingerprint density at radius 1 is 0.977 bits per heavy atom. The van der Waals surface area contributed by atoms with Crippen molar-refractivity contribution in [3.8, 4) is 39.5 Å². The number of nitrogens with one attached hydrogen (secondary N) is 3. The number of hydrogen-bond donors (Lipinski definition) is 3. The second-order valence-electron chi connectivity index (χ2n) is 10.7. The second-order valence-corrected chi connectivity index (χ2v) is 11.5. The molecule has 4 heterocycles. The molecule has 2 aromatic carbocycles. The zero-order valence-electron chi connectivity index (χ0n) is 24.6. The summed E-state index contributed by atoms with van der Waals surface area (Å²) in [5.41, 5.74) is 7.55. The number of nitrogens with zero attached hydrogens (tertiary/aromatic N) is 5. The topological polar surface area (TPSA) is 119 Å². The van der Waals surface area contributed by atoms with Crippen molar-refractivity contribution < 1.29 is 9.53 Å². The first-order chi connectivity index (χ1) is 21.4. The molecule has 0 radical (unpaired) electrons. The lowest BCUT2D eigenvalue weighted by Gasteiger charge is -2.14. The van der Waals surface area contributed by atoms with Crippen molar-refractivity contribution in [1.82, 2.24) is 40.5 Å². The molecule has 6 rings (SSSR count). The average molecular weight is 632 g/mol. The molecule has 1 amide bonds. The second kappa shape index (κ2) is 12.9. The van der Waals surface area contributed by atoms with Crippen LogP contribution in [0.25, 0.3) is 44.8 Å². The number of aryl methyl sites for hydroxylation is 1. The lowest BCUT2D eigenvalue weighted by Crippen LogP contribution is -2.35. The minimum absolute atomic E-state index is 0.114. The van der Waals surface area contributed by atoms with Gasteiger partial charge in [0.15, 0.2) is 5.65 Å². The van der Waals surface area contributed by atoms with Gasteiger partial charge in [0.05, 0.1) is 40.9 Å². The molecule has 3 N–H and O–H groups in total. The van der Waals surface area contributed by atoms with Crippen molar-refractivity contribution in [2.45, 2.75) is 32.0 Å². The fourth-order valence-electron chi connectivity index (χ4n) is 5.53. The molecule has 1 fully saturated rings. The lowest BCUT2D eigenvalue weighted by atomic mass is 9.98. The summed E-state index contributed by atoms with van der Waals surface area (Å²) in [6, 6.07) is 11.7. The van der Waals surface area contributed by atoms with Gasteiger partial charge < -0.3 is 25.3 Å². The minimum atomic E-state index is 0.114. The van der Waals surface area contributed by atoms with Crippen LogP contribution in [-0.2, 0) is 24.9 Å². The first-order valence-electron chi connectivity index (χ1n) is 14.3. The molecule has 0 saturated carbocycles. The van der Waals surface area contributed by atoms with Gasteiger partial charge in [-0.05, 0) is 13.5 Å². The van der Waals surface area contributed by atoms with Gasteiger partial charge in [-0.1, -0.05) is 59.6 Å². The minimum Gasteiger partial charge on any atom is -0.480 e. The Balaban J connectivity index is 1.29. The van der Waals surface area contributed by atoms with Crippen LogP contribution in [0.3, 0.4) is 0 Å². The number of fused-ring (bicyclic) bond motifs is 1. The number of carbonyl (C=O) groups excluding carboxylic acids is 1. The van der Waals surface area contributed by atoms with E-state index in [4.69, 9.17) is 37.9 Å². The Morgan fingerprint density at radius 3 is 2.27 bits per heavy atom. The zero-order valence-corrected chi connectivity index (χ0v) is 26.1. The number of carbonyl (C=O) groups is 1. The van der Waals surface area contributed by atoms with Crippen LogP contribution in [0, 0.1) is 0 Å². The first kappa shape index (κ1) is 30.0. The highest BCUT2D eigenvalue weighted by atomic mass is 35.5. The molecule has 1 aliphatic heterocycles. The van der Waals surface area contributed by atoms with E-state index in [1.165, 1.54) is 0 Å². The van der Waals surface area contributed by atoms with E-state index >= 15 is 0 Å². The number of methoxy groups -OCH3 is 1. The van der Waals surface area contributed by atoms with Gasteiger partial charge in [0.1, 0.15) is 11.2 Å². The standard InChI is InChI=1S/C32H32Cl2N8O2/c1-35-14-26-32(44-3)41-25(15-37-26)23-9-5-7-21(29(23)34)20-6-4-8-22(28(20)33)24-16-38-30-18(17-42(2)31(30)40-24)12-36-13-19-10-11-27(43)39-19/h4-9,15-17,19,35-36H,10-14H2,1-3H3,(H,39,43). The molecule has 226 valence electrons. The number of ether oxygens (including phenoxy) is 1. The van der Waals surface area contributed by atoms with Gasteiger partial charge in [-0.15, -0.1) is 0 Å². The van der Waals surface area contributed by atoms with Crippen molar-refractivity contribution in [3.63, 3.8) is 0 Å². The van der Waals surface area contributed by atoms with Crippen LogP contribution >= 0.6 is 23.2 Å². The van der Waals surface area contributed by atoms with E-state index in [2.05, 4.69) is 25.9 Å². The van der Waals surface area contributed by atoms with Gasteiger partial charge in [-0.25, -0.2) is 9.97 Å². The Labute approximate surface area is 265 Å². The van der Waals surface area contributed by atoms with E-state index < -0.39 is 0 Å². The van der Waals surface area contributed by atoms with Crippen molar-refractivity contribution in [1.29, 1.82) is 0 Å². The van der Waals surface area contributed by atoms with E-state index in [9.17, 15) is 4.79 Å². The van der Waals surface area contributed by atoms with E-state index in [0.717, 1.165) is 39.8 Å². The summed E-state index contributed by atoms with van der Waals surface area (Å²) in [7, 11) is 5.37. The predicted octanol–water partition coefficient (Wildman–Crippen LogP) is 5.16. The quantitative estimate of drug-likeness (QED) is 0.194. The van der Waals surface area contributed by atoms with Crippen LogP contribution < -0.4 is 20.7 Å². The van der Waals surface area contributed by atoms with Gasteiger partial charge in [-0.2, -0.15) is 0 Å². The fourth-order valence-corrected chi connectivity index (χ4v) is 6.18. The molecular weight excluding hydrogens is 599 g/mol. The normalized spacial score (nSPS) is 14.8. The average Bonchev–Trinajstić information content (AvgIpc) is 3.59. The summed E-state index contributed by atoms with van der Waals surface area (Å²) in [6.07, 6.45) is 6.92. The third-order valence-corrected chi connectivity index (χ3v) is 8.54. The molecule has 10 nitrogen and oxygen atoms in total. The number of hydrogen-bond acceptors (Lipinski definition) is 8. The highest BCUT2D eigenvalue weighted by Crippen LogP contribution is 2.42. The number of benzene rings is 2. The Morgan fingerprint density at radius 2 is 1.64 bits per heavy atom. The summed E-state index contributed by atoms with van der Waals surface area (Å²) < 4.78 is 7.44. The van der Waals surface area contributed by atoms with Crippen LogP contribution in [0.1, 0.15) is 24.1 Å². The van der Waals surface area contributed by atoms with Gasteiger partial charge in [0.2, 0.25) is 11.8 Å². The summed E-state index contributed by atoms with van der Waals surface area (Å²) in [5.74, 6) is 0.553. The largest absolute Gasteiger partial charge is 0.480 e. The number of rotatable bonds is 10. The summed E-state index contributed by atoms with van der Waals surface area (Å²) >= 11 is 14.1. The molecule has 1 unspecified atom stereocenters. The van der Waals surface area contributed by atoms with Crippen LogP contribution in [0.4, 0.5) is 0 Å². The highest BCUT2D eigenvalue weighted by molar-refractivity contribution is 6.39. The molecule has 0 aliphatic carbocycles. The third kappa shape index (κ3) is 5.86. The Hall–Kier alpha value is -4.09.